The number of rotatable bonds is 13. The van der Waals surface area contributed by atoms with Gasteiger partial charge in [-0.3, -0.25) is 4.79 Å². The summed E-state index contributed by atoms with van der Waals surface area (Å²) < 4.78 is 41.0. The minimum Gasteiger partial charge on any atom is -0.461 e. The van der Waals surface area contributed by atoms with Crippen molar-refractivity contribution >= 4 is 22.2 Å². The van der Waals surface area contributed by atoms with E-state index in [1.165, 1.54) is 12.1 Å². The van der Waals surface area contributed by atoms with Crippen LogP contribution in [-0.2, 0) is 44.0 Å². The lowest BCUT2D eigenvalue weighted by molar-refractivity contribution is -0.146. The predicted octanol–water partition coefficient (Wildman–Crippen LogP) is 5.67. The molecule has 0 saturated carbocycles. The number of amides is 1. The van der Waals surface area contributed by atoms with Gasteiger partial charge in [0.05, 0.1) is 6.42 Å². The van der Waals surface area contributed by atoms with Gasteiger partial charge in [0.1, 0.15) is 23.9 Å². The second-order valence-electron chi connectivity index (χ2n) is 9.36. The molecule has 41 heavy (non-hydrogen) atoms. The van der Waals surface area contributed by atoms with Crippen LogP contribution in [0.2, 0.25) is 0 Å². The Kier molecular flexibility index (Phi) is 10.5. The molecule has 0 radical (unpaired) electrons. The van der Waals surface area contributed by atoms with E-state index in [9.17, 15) is 18.0 Å². The molecule has 0 spiro atoms. The summed E-state index contributed by atoms with van der Waals surface area (Å²) in [5.41, 5.74) is 2.57. The Hall–Kier alpha value is -4.63. The van der Waals surface area contributed by atoms with Crippen LogP contribution in [0, 0.1) is 5.92 Å². The molecular formula is C32H31NO7S. The Labute approximate surface area is 240 Å². The number of esters is 1. The molecule has 0 aromatic heterocycles. The van der Waals surface area contributed by atoms with Crippen LogP contribution in [0.15, 0.2) is 120 Å². The molecule has 1 amide bonds. The Morgan fingerprint density at radius 1 is 0.659 bits per heavy atom. The first-order valence-electron chi connectivity index (χ1n) is 13.1. The summed E-state index contributed by atoms with van der Waals surface area (Å²) in [5, 5.41) is 2.74. The number of ether oxygens (including phenoxy) is 2. The monoisotopic (exact) mass is 573 g/mol. The fourth-order valence-electron chi connectivity index (χ4n) is 4.03. The first-order valence-corrected chi connectivity index (χ1v) is 14.5. The number of benzene rings is 4. The van der Waals surface area contributed by atoms with E-state index in [1.807, 2.05) is 60.7 Å². The molecule has 9 heteroatoms. The topological polar surface area (TPSA) is 108 Å². The molecule has 0 aliphatic carbocycles. The summed E-state index contributed by atoms with van der Waals surface area (Å²) in [5.74, 6) is -0.534. The summed E-state index contributed by atoms with van der Waals surface area (Å²) in [6.45, 7) is 0.458. The van der Waals surface area contributed by atoms with Crippen LogP contribution < -0.4 is 9.50 Å². The van der Waals surface area contributed by atoms with Crippen molar-refractivity contribution in [3.05, 3.63) is 132 Å². The van der Waals surface area contributed by atoms with Crippen LogP contribution in [0.3, 0.4) is 0 Å². The van der Waals surface area contributed by atoms with Gasteiger partial charge in [-0.2, -0.15) is 8.42 Å². The molecule has 4 aromatic carbocycles. The Bertz CT molecular complexity index is 1490. The summed E-state index contributed by atoms with van der Waals surface area (Å²) in [6, 6.07) is 33.2. The summed E-state index contributed by atoms with van der Waals surface area (Å²) in [7, 11) is -3.96. The van der Waals surface area contributed by atoms with Crippen molar-refractivity contribution in [2.45, 2.75) is 31.0 Å². The van der Waals surface area contributed by atoms with E-state index >= 15 is 0 Å². The highest BCUT2D eigenvalue weighted by Crippen LogP contribution is 2.21. The highest BCUT2D eigenvalue weighted by molar-refractivity contribution is 7.87. The lowest BCUT2D eigenvalue weighted by Crippen LogP contribution is -2.32. The molecule has 0 aliphatic rings. The predicted molar refractivity (Wildman–Crippen MR) is 153 cm³/mol. The molecule has 1 N–H and O–H groups in total. The molecule has 1 atom stereocenters. The molecule has 4 aromatic rings. The van der Waals surface area contributed by atoms with Gasteiger partial charge < -0.3 is 19.0 Å². The van der Waals surface area contributed by atoms with Crippen molar-refractivity contribution in [1.82, 2.24) is 5.32 Å². The highest BCUT2D eigenvalue weighted by Gasteiger charge is 2.19. The van der Waals surface area contributed by atoms with Gasteiger partial charge >= 0.3 is 22.2 Å². The van der Waals surface area contributed by atoms with Gasteiger partial charge in [-0.15, -0.1) is 0 Å². The third kappa shape index (κ3) is 9.81. The van der Waals surface area contributed by atoms with Crippen molar-refractivity contribution < 1.29 is 31.7 Å². The second-order valence-corrected chi connectivity index (χ2v) is 10.9. The minimum absolute atomic E-state index is 0.0587. The van der Waals surface area contributed by atoms with Crippen LogP contribution in [0.1, 0.15) is 23.1 Å². The largest absolute Gasteiger partial charge is 0.461 e. The van der Waals surface area contributed by atoms with Gasteiger partial charge in [0.25, 0.3) is 0 Å². The maximum Gasteiger partial charge on any atom is 0.407 e. The second kappa shape index (κ2) is 14.7. The number of hydrogen-bond donors (Lipinski definition) is 1. The summed E-state index contributed by atoms with van der Waals surface area (Å²) in [4.78, 5) is 25.1. The Morgan fingerprint density at radius 2 is 1.20 bits per heavy atom. The van der Waals surface area contributed by atoms with E-state index in [-0.39, 0.29) is 42.7 Å². The molecule has 8 nitrogen and oxygen atoms in total. The van der Waals surface area contributed by atoms with Crippen molar-refractivity contribution in [1.29, 1.82) is 0 Å². The zero-order valence-corrected chi connectivity index (χ0v) is 23.2. The standard InChI is InChI=1S/C32H31NO7S/c34-31(38-23-26-10-4-1-5-11-26)21-28(22-33-32(35)39-24-27-12-6-2-7-13-27)20-25-16-18-29(19-17-25)40-41(36,37)30-14-8-3-9-15-30/h1-19,28H,20-24H2,(H,33,35). The van der Waals surface area contributed by atoms with Crippen LogP contribution in [0.5, 0.6) is 5.75 Å². The number of hydrogen-bond acceptors (Lipinski definition) is 7. The quantitative estimate of drug-likeness (QED) is 0.162. The van der Waals surface area contributed by atoms with Crippen LogP contribution in [0.4, 0.5) is 4.79 Å². The average Bonchev–Trinajstić information content (AvgIpc) is 3.00. The van der Waals surface area contributed by atoms with E-state index in [0.717, 1.165) is 16.7 Å². The number of alkyl carbamates (subject to hydrolysis) is 1. The first-order chi connectivity index (χ1) is 19.9. The summed E-state index contributed by atoms with van der Waals surface area (Å²) in [6.07, 6.45) is -0.108. The third-order valence-electron chi connectivity index (χ3n) is 6.13. The van der Waals surface area contributed by atoms with E-state index in [0.29, 0.717) is 6.42 Å². The molecule has 4 rings (SSSR count). The van der Waals surface area contributed by atoms with Crippen LogP contribution in [-0.4, -0.2) is 27.0 Å². The molecule has 1 unspecified atom stereocenters. The molecule has 0 bridgehead atoms. The van der Waals surface area contributed by atoms with Gasteiger partial charge in [-0.05, 0) is 53.3 Å². The Balaban J connectivity index is 1.36. The highest BCUT2D eigenvalue weighted by atomic mass is 32.2. The summed E-state index contributed by atoms with van der Waals surface area (Å²) >= 11 is 0. The van der Waals surface area contributed by atoms with Gasteiger partial charge in [0.2, 0.25) is 0 Å². The fraction of sp³-hybridized carbons (Fsp3) is 0.188. The van der Waals surface area contributed by atoms with E-state index in [2.05, 4.69) is 5.32 Å². The molecule has 0 heterocycles. The molecular weight excluding hydrogens is 542 g/mol. The normalized spacial score (nSPS) is 11.7. The molecule has 0 saturated heterocycles. The maximum atomic E-state index is 12.7. The lowest BCUT2D eigenvalue weighted by Gasteiger charge is -2.18. The molecule has 0 aliphatic heterocycles. The third-order valence-corrected chi connectivity index (χ3v) is 7.39. The van der Waals surface area contributed by atoms with E-state index in [4.69, 9.17) is 13.7 Å². The molecule has 212 valence electrons. The average molecular weight is 574 g/mol. The van der Waals surface area contributed by atoms with Crippen LogP contribution in [0.25, 0.3) is 0 Å². The van der Waals surface area contributed by atoms with Gasteiger partial charge in [-0.25, -0.2) is 4.79 Å². The van der Waals surface area contributed by atoms with Crippen molar-refractivity contribution in [2.75, 3.05) is 6.54 Å². The van der Waals surface area contributed by atoms with Crippen molar-refractivity contribution in [2.24, 2.45) is 5.92 Å². The first kappa shape index (κ1) is 29.4. The number of carbonyl (C=O) groups is 2. The zero-order chi connectivity index (χ0) is 28.9. The van der Waals surface area contributed by atoms with Gasteiger partial charge in [0.15, 0.2) is 0 Å². The van der Waals surface area contributed by atoms with Crippen molar-refractivity contribution in [3.63, 3.8) is 0 Å². The number of carbonyl (C=O) groups excluding carboxylic acids is 2. The SMILES string of the molecule is O=C(CC(CNC(=O)OCc1ccccc1)Cc1ccc(OS(=O)(=O)c2ccccc2)cc1)OCc1ccccc1. The minimum atomic E-state index is -3.96. The van der Waals surface area contributed by atoms with Crippen molar-refractivity contribution in [3.8, 4) is 5.75 Å². The fourth-order valence-corrected chi connectivity index (χ4v) is 4.98. The lowest BCUT2D eigenvalue weighted by atomic mass is 9.96. The van der Waals surface area contributed by atoms with Gasteiger partial charge in [0, 0.05) is 6.54 Å². The van der Waals surface area contributed by atoms with Gasteiger partial charge in [-0.1, -0.05) is 91.0 Å². The zero-order valence-electron chi connectivity index (χ0n) is 22.3. The Morgan fingerprint density at radius 3 is 1.78 bits per heavy atom. The maximum absolute atomic E-state index is 12.7. The van der Waals surface area contributed by atoms with E-state index < -0.39 is 22.2 Å². The van der Waals surface area contributed by atoms with E-state index in [1.54, 1.807) is 42.5 Å². The van der Waals surface area contributed by atoms with Crippen LogP contribution >= 0.6 is 0 Å². The smallest absolute Gasteiger partial charge is 0.407 e. The molecule has 0 fully saturated rings. The number of nitrogens with one attached hydrogen (secondary N) is 1.